The minimum Gasteiger partial charge on any atom is -0.481 e. The van der Waals surface area contributed by atoms with Crippen LogP contribution in [0.4, 0.5) is 0 Å². The van der Waals surface area contributed by atoms with E-state index in [9.17, 15) is 9.59 Å². The van der Waals surface area contributed by atoms with Crippen LogP contribution in [0.5, 0.6) is 0 Å². The molecule has 0 spiro atoms. The van der Waals surface area contributed by atoms with E-state index in [1.807, 2.05) is 25.1 Å². The number of carboxylic acid groups (broad SMARTS) is 1. The summed E-state index contributed by atoms with van der Waals surface area (Å²) in [5, 5.41) is 8.37. The molecular weight excluding hydrogens is 192 g/mol. The molecule has 1 aromatic rings. The molecule has 1 N–H and O–H groups in total. The van der Waals surface area contributed by atoms with Crippen LogP contribution in [0, 0.1) is 0 Å². The molecule has 0 aromatic heterocycles. The van der Waals surface area contributed by atoms with E-state index in [1.54, 1.807) is 19.1 Å². The Bertz CT molecular complexity index is 304. The van der Waals surface area contributed by atoms with Gasteiger partial charge in [-0.05, 0) is 12.5 Å². The van der Waals surface area contributed by atoms with E-state index < -0.39 is 5.97 Å². The van der Waals surface area contributed by atoms with Crippen molar-refractivity contribution in [1.82, 2.24) is 0 Å². The van der Waals surface area contributed by atoms with Crippen LogP contribution in [0.25, 0.3) is 0 Å². The second-order valence-corrected chi connectivity index (χ2v) is 3.11. The largest absolute Gasteiger partial charge is 0.481 e. The normalized spacial score (nSPS) is 8.67. The minimum atomic E-state index is -0.786. The summed E-state index contributed by atoms with van der Waals surface area (Å²) < 4.78 is 0. The molecule has 0 aliphatic carbocycles. The number of hydrogen-bond donors (Lipinski definition) is 1. The number of carboxylic acids is 1. The quantitative estimate of drug-likeness (QED) is 0.829. The van der Waals surface area contributed by atoms with Crippen molar-refractivity contribution in [3.05, 3.63) is 35.9 Å². The molecule has 0 unspecified atom stereocenters. The summed E-state index contributed by atoms with van der Waals surface area (Å²) in [6.45, 7) is 3.43. The van der Waals surface area contributed by atoms with Crippen molar-refractivity contribution in [1.29, 1.82) is 0 Å². The second-order valence-electron chi connectivity index (χ2n) is 3.11. The number of carbonyl (C=O) groups excluding carboxylic acids is 1. The van der Waals surface area contributed by atoms with Gasteiger partial charge in [-0.15, -0.1) is 0 Å². The molecule has 1 aromatic carbocycles. The Labute approximate surface area is 89.7 Å². The van der Waals surface area contributed by atoms with E-state index in [0.29, 0.717) is 6.42 Å². The zero-order valence-corrected chi connectivity index (χ0v) is 9.06. The van der Waals surface area contributed by atoms with E-state index in [-0.39, 0.29) is 12.2 Å². The Kier molecular flexibility index (Phi) is 6.89. The third-order valence-corrected chi connectivity index (χ3v) is 1.70. The molecule has 3 heteroatoms. The second kappa shape index (κ2) is 7.74. The van der Waals surface area contributed by atoms with Crippen molar-refractivity contribution in [3.63, 3.8) is 0 Å². The molecule has 0 aliphatic heterocycles. The predicted molar refractivity (Wildman–Crippen MR) is 58.8 cm³/mol. The lowest BCUT2D eigenvalue weighted by Crippen LogP contribution is -1.98. The topological polar surface area (TPSA) is 54.4 Å². The summed E-state index contributed by atoms with van der Waals surface area (Å²) in [6.07, 6.45) is 0.779. The summed E-state index contributed by atoms with van der Waals surface area (Å²) in [6, 6.07) is 9.13. The van der Waals surface area contributed by atoms with Crippen molar-refractivity contribution >= 4 is 11.8 Å². The molecule has 0 saturated carbocycles. The lowest BCUT2D eigenvalue weighted by molar-refractivity contribution is -0.136. The summed E-state index contributed by atoms with van der Waals surface area (Å²) in [7, 11) is 0. The molecule has 0 aliphatic rings. The first kappa shape index (κ1) is 13.4. The first-order chi connectivity index (χ1) is 7.06. The van der Waals surface area contributed by atoms with Gasteiger partial charge in [-0.3, -0.25) is 4.79 Å². The number of aliphatic carboxylic acids is 1. The lowest BCUT2D eigenvalue weighted by atomic mass is 10.2. The van der Waals surface area contributed by atoms with E-state index >= 15 is 0 Å². The maximum Gasteiger partial charge on any atom is 0.307 e. The van der Waals surface area contributed by atoms with Crippen molar-refractivity contribution < 1.29 is 14.7 Å². The highest BCUT2D eigenvalue weighted by Gasteiger charge is 1.96. The van der Waals surface area contributed by atoms with Gasteiger partial charge >= 0.3 is 5.97 Å². The summed E-state index contributed by atoms with van der Waals surface area (Å²) in [5.41, 5.74) is 0.843. The maximum absolute atomic E-state index is 10.2. The van der Waals surface area contributed by atoms with Gasteiger partial charge in [0.15, 0.2) is 0 Å². The van der Waals surface area contributed by atoms with Gasteiger partial charge in [0.1, 0.15) is 5.78 Å². The van der Waals surface area contributed by atoms with Crippen LogP contribution < -0.4 is 0 Å². The number of carbonyl (C=O) groups is 2. The van der Waals surface area contributed by atoms with Crippen LogP contribution in [0.15, 0.2) is 30.3 Å². The highest BCUT2D eigenvalue weighted by Crippen LogP contribution is 1.98. The molecule has 0 heterocycles. The highest BCUT2D eigenvalue weighted by molar-refractivity contribution is 5.74. The van der Waals surface area contributed by atoms with E-state index in [2.05, 4.69) is 0 Å². The zero-order valence-electron chi connectivity index (χ0n) is 9.06. The summed E-state index contributed by atoms with van der Waals surface area (Å²) in [4.78, 5) is 20.0. The van der Waals surface area contributed by atoms with Crippen molar-refractivity contribution in [2.24, 2.45) is 0 Å². The van der Waals surface area contributed by atoms with Crippen LogP contribution in [-0.2, 0) is 16.0 Å². The first-order valence-electron chi connectivity index (χ1n) is 4.81. The van der Waals surface area contributed by atoms with Gasteiger partial charge in [0, 0.05) is 6.42 Å². The third-order valence-electron chi connectivity index (χ3n) is 1.70. The SMILES string of the molecule is CCC(C)=O.O=C(O)Cc1ccccc1. The molecular formula is C12H16O3. The number of benzene rings is 1. The fourth-order valence-corrected chi connectivity index (χ4v) is 0.770. The fourth-order valence-electron chi connectivity index (χ4n) is 0.770. The van der Waals surface area contributed by atoms with E-state index in [4.69, 9.17) is 5.11 Å². The smallest absolute Gasteiger partial charge is 0.307 e. The van der Waals surface area contributed by atoms with E-state index in [0.717, 1.165) is 5.56 Å². The number of hydrogen-bond acceptors (Lipinski definition) is 2. The van der Waals surface area contributed by atoms with Crippen LogP contribution in [0.3, 0.4) is 0 Å². The average Bonchev–Trinajstić information content (AvgIpc) is 2.19. The average molecular weight is 208 g/mol. The van der Waals surface area contributed by atoms with Gasteiger partial charge in [0.25, 0.3) is 0 Å². The van der Waals surface area contributed by atoms with Crippen molar-refractivity contribution in [2.45, 2.75) is 26.7 Å². The molecule has 0 fully saturated rings. The Morgan fingerprint density at radius 3 is 2.00 bits per heavy atom. The number of Topliss-reactive ketones (excluding diaryl/α,β-unsaturated/α-hetero) is 1. The van der Waals surface area contributed by atoms with Gasteiger partial charge in [-0.1, -0.05) is 37.3 Å². The molecule has 0 atom stereocenters. The van der Waals surface area contributed by atoms with Gasteiger partial charge < -0.3 is 9.90 Å². The van der Waals surface area contributed by atoms with E-state index in [1.165, 1.54) is 0 Å². The lowest BCUT2D eigenvalue weighted by Gasteiger charge is -1.92. The standard InChI is InChI=1S/C8H8O2.C4H8O/c9-8(10)6-7-4-2-1-3-5-7;1-3-4(2)5/h1-5H,6H2,(H,9,10);3H2,1-2H3. The Morgan fingerprint density at radius 2 is 1.67 bits per heavy atom. The molecule has 0 saturated heterocycles. The Hall–Kier alpha value is -1.64. The van der Waals surface area contributed by atoms with Crippen LogP contribution in [0.2, 0.25) is 0 Å². The monoisotopic (exact) mass is 208 g/mol. The molecule has 15 heavy (non-hydrogen) atoms. The summed E-state index contributed by atoms with van der Waals surface area (Å²) in [5.74, 6) is -0.531. The van der Waals surface area contributed by atoms with Crippen LogP contribution in [-0.4, -0.2) is 16.9 Å². The molecule has 3 nitrogen and oxygen atoms in total. The minimum absolute atomic E-state index is 0.112. The first-order valence-corrected chi connectivity index (χ1v) is 4.81. The maximum atomic E-state index is 10.2. The Balaban J connectivity index is 0.000000336. The van der Waals surface area contributed by atoms with Gasteiger partial charge in [0.2, 0.25) is 0 Å². The number of rotatable bonds is 3. The van der Waals surface area contributed by atoms with Crippen LogP contribution in [0.1, 0.15) is 25.8 Å². The Morgan fingerprint density at radius 1 is 1.20 bits per heavy atom. The molecule has 0 bridgehead atoms. The highest BCUT2D eigenvalue weighted by atomic mass is 16.4. The molecule has 0 amide bonds. The fraction of sp³-hybridized carbons (Fsp3) is 0.333. The van der Waals surface area contributed by atoms with Crippen molar-refractivity contribution in [3.8, 4) is 0 Å². The van der Waals surface area contributed by atoms with Gasteiger partial charge in [0.05, 0.1) is 6.42 Å². The third kappa shape index (κ3) is 8.68. The summed E-state index contributed by atoms with van der Waals surface area (Å²) >= 11 is 0. The molecule has 82 valence electrons. The number of ketones is 1. The van der Waals surface area contributed by atoms with Gasteiger partial charge in [-0.2, -0.15) is 0 Å². The van der Waals surface area contributed by atoms with Crippen LogP contribution >= 0.6 is 0 Å². The predicted octanol–water partition coefficient (Wildman–Crippen LogP) is 2.30. The van der Waals surface area contributed by atoms with Gasteiger partial charge in [-0.25, -0.2) is 0 Å². The molecule has 0 radical (unpaired) electrons. The van der Waals surface area contributed by atoms with Crippen molar-refractivity contribution in [2.75, 3.05) is 0 Å². The zero-order chi connectivity index (χ0) is 11.7. The molecule has 1 rings (SSSR count).